The molecule has 0 radical (unpaired) electrons. The summed E-state index contributed by atoms with van der Waals surface area (Å²) in [5.74, 6) is 0.691. The first kappa shape index (κ1) is 20.7. The van der Waals surface area contributed by atoms with E-state index < -0.39 is 6.23 Å². The molecule has 0 N–H and O–H groups in total. The second-order valence-corrected chi connectivity index (χ2v) is 8.23. The molecule has 6 nitrogen and oxygen atoms in total. The standard InChI is InChI=1S/C22H31NO5/c1-5-17-14-26-21(24)23(17)20-12-18(28-22(2,3)4)11-19(27-20)15-25-13-16-9-7-6-8-10-16/h6-11,17-18,20H,5,12-15H2,1-4H3/t17-,18+,20-/m1/s1. The van der Waals surface area contributed by atoms with Crippen LogP contribution in [0.25, 0.3) is 0 Å². The molecule has 0 aromatic heterocycles. The molecule has 1 saturated heterocycles. The highest BCUT2D eigenvalue weighted by molar-refractivity contribution is 5.70. The molecule has 1 aromatic rings. The van der Waals surface area contributed by atoms with E-state index in [1.807, 2.05) is 64.1 Å². The first-order valence-electron chi connectivity index (χ1n) is 9.97. The predicted octanol–water partition coefficient (Wildman–Crippen LogP) is 4.25. The maximum atomic E-state index is 12.3. The van der Waals surface area contributed by atoms with Gasteiger partial charge in [0.1, 0.15) is 19.0 Å². The Bertz CT molecular complexity index is 682. The van der Waals surface area contributed by atoms with Crippen LogP contribution in [0.1, 0.15) is 46.1 Å². The summed E-state index contributed by atoms with van der Waals surface area (Å²) in [7, 11) is 0. The van der Waals surface area contributed by atoms with Crippen LogP contribution in [0.5, 0.6) is 0 Å². The SMILES string of the molecule is CC[C@@H]1COC(=O)N1[C@H]1C[C@@H](OC(C)(C)C)C=C(COCc2ccccc2)O1. The topological polar surface area (TPSA) is 57.2 Å². The van der Waals surface area contributed by atoms with Gasteiger partial charge in [0.05, 0.1) is 24.4 Å². The second-order valence-electron chi connectivity index (χ2n) is 8.23. The summed E-state index contributed by atoms with van der Waals surface area (Å²) in [6.07, 6.45) is 2.48. The lowest BCUT2D eigenvalue weighted by Gasteiger charge is -2.38. The monoisotopic (exact) mass is 389 g/mol. The van der Waals surface area contributed by atoms with Crippen molar-refractivity contribution in [2.45, 2.75) is 71.1 Å². The lowest BCUT2D eigenvalue weighted by atomic mass is 10.1. The smallest absolute Gasteiger partial charge is 0.413 e. The van der Waals surface area contributed by atoms with E-state index in [0.29, 0.717) is 32.0 Å². The minimum atomic E-state index is -0.410. The minimum absolute atomic E-state index is 0.0253. The molecule has 0 unspecified atom stereocenters. The van der Waals surface area contributed by atoms with Crippen molar-refractivity contribution in [1.82, 2.24) is 4.90 Å². The van der Waals surface area contributed by atoms with Gasteiger partial charge in [-0.05, 0) is 38.8 Å². The first-order valence-corrected chi connectivity index (χ1v) is 9.97. The van der Waals surface area contributed by atoms with Crippen molar-refractivity contribution < 1.29 is 23.7 Å². The van der Waals surface area contributed by atoms with E-state index in [4.69, 9.17) is 18.9 Å². The zero-order valence-electron chi connectivity index (χ0n) is 17.2. The van der Waals surface area contributed by atoms with Crippen molar-refractivity contribution in [3.05, 3.63) is 47.7 Å². The Morgan fingerprint density at radius 2 is 1.93 bits per heavy atom. The number of ether oxygens (including phenoxy) is 4. The molecule has 3 rings (SSSR count). The number of rotatable bonds is 7. The van der Waals surface area contributed by atoms with Crippen LogP contribution in [0, 0.1) is 0 Å². The highest BCUT2D eigenvalue weighted by Crippen LogP contribution is 2.30. The molecule has 6 heteroatoms. The summed E-state index contributed by atoms with van der Waals surface area (Å²) in [5, 5.41) is 0. The van der Waals surface area contributed by atoms with Crippen LogP contribution < -0.4 is 0 Å². The molecule has 2 aliphatic rings. The average Bonchev–Trinajstić information content (AvgIpc) is 3.01. The van der Waals surface area contributed by atoms with Crippen molar-refractivity contribution in [1.29, 1.82) is 0 Å². The number of benzene rings is 1. The van der Waals surface area contributed by atoms with Gasteiger partial charge in [0.2, 0.25) is 0 Å². The van der Waals surface area contributed by atoms with Crippen LogP contribution >= 0.6 is 0 Å². The lowest BCUT2D eigenvalue weighted by Crippen LogP contribution is -2.47. The Morgan fingerprint density at radius 3 is 2.61 bits per heavy atom. The third-order valence-corrected chi connectivity index (χ3v) is 4.74. The zero-order chi connectivity index (χ0) is 20.1. The maximum Gasteiger partial charge on any atom is 0.413 e. The molecular weight excluding hydrogens is 358 g/mol. The molecule has 0 spiro atoms. The van der Waals surface area contributed by atoms with Crippen molar-refractivity contribution in [2.75, 3.05) is 13.2 Å². The van der Waals surface area contributed by atoms with Gasteiger partial charge in [-0.2, -0.15) is 0 Å². The number of cyclic esters (lactones) is 1. The van der Waals surface area contributed by atoms with Crippen LogP contribution in [-0.2, 0) is 25.6 Å². The molecule has 0 saturated carbocycles. The molecule has 0 bridgehead atoms. The van der Waals surface area contributed by atoms with E-state index in [-0.39, 0.29) is 23.8 Å². The van der Waals surface area contributed by atoms with Crippen molar-refractivity contribution >= 4 is 6.09 Å². The highest BCUT2D eigenvalue weighted by atomic mass is 16.6. The average molecular weight is 389 g/mol. The molecule has 2 heterocycles. The summed E-state index contributed by atoms with van der Waals surface area (Å²) >= 11 is 0. The van der Waals surface area contributed by atoms with Crippen LogP contribution in [-0.4, -0.2) is 48.2 Å². The van der Waals surface area contributed by atoms with E-state index in [9.17, 15) is 4.79 Å². The minimum Gasteiger partial charge on any atom is -0.472 e. The van der Waals surface area contributed by atoms with Gasteiger partial charge in [-0.1, -0.05) is 37.3 Å². The van der Waals surface area contributed by atoms with Gasteiger partial charge in [0, 0.05) is 6.42 Å². The van der Waals surface area contributed by atoms with E-state index >= 15 is 0 Å². The van der Waals surface area contributed by atoms with E-state index in [2.05, 4.69) is 0 Å². The number of nitrogens with zero attached hydrogens (tertiary/aromatic N) is 1. The van der Waals surface area contributed by atoms with Gasteiger partial charge in [0.25, 0.3) is 0 Å². The number of amides is 1. The summed E-state index contributed by atoms with van der Waals surface area (Å²) in [6, 6.07) is 10.0. The van der Waals surface area contributed by atoms with Crippen molar-refractivity contribution in [2.24, 2.45) is 0 Å². The molecular formula is C22H31NO5. The van der Waals surface area contributed by atoms with Crippen LogP contribution in [0.15, 0.2) is 42.2 Å². The summed E-state index contributed by atoms with van der Waals surface area (Å²) in [6.45, 7) is 9.35. The largest absolute Gasteiger partial charge is 0.472 e. The molecule has 3 atom stereocenters. The van der Waals surface area contributed by atoms with Crippen molar-refractivity contribution in [3.8, 4) is 0 Å². The van der Waals surface area contributed by atoms with Crippen LogP contribution in [0.3, 0.4) is 0 Å². The number of hydrogen-bond acceptors (Lipinski definition) is 5. The third-order valence-electron chi connectivity index (χ3n) is 4.74. The van der Waals surface area contributed by atoms with Gasteiger partial charge in [-0.15, -0.1) is 0 Å². The molecule has 1 fully saturated rings. The Kier molecular flexibility index (Phi) is 6.62. The Hall–Kier alpha value is -2.05. The fraction of sp³-hybridized carbons (Fsp3) is 0.591. The normalized spacial score (nSPS) is 25.3. The first-order chi connectivity index (χ1) is 13.4. The third kappa shape index (κ3) is 5.49. The summed E-state index contributed by atoms with van der Waals surface area (Å²) in [4.78, 5) is 14.0. The van der Waals surface area contributed by atoms with Crippen LogP contribution in [0.4, 0.5) is 4.79 Å². The van der Waals surface area contributed by atoms with Gasteiger partial charge in [-0.3, -0.25) is 4.90 Å². The number of carbonyl (C=O) groups excluding carboxylic acids is 1. The second kappa shape index (κ2) is 8.97. The van der Waals surface area contributed by atoms with E-state index in [0.717, 1.165) is 12.0 Å². The van der Waals surface area contributed by atoms with Gasteiger partial charge >= 0.3 is 6.09 Å². The van der Waals surface area contributed by atoms with Gasteiger partial charge < -0.3 is 18.9 Å². The van der Waals surface area contributed by atoms with Crippen molar-refractivity contribution in [3.63, 3.8) is 0 Å². The van der Waals surface area contributed by atoms with E-state index in [1.54, 1.807) is 4.90 Å². The Labute approximate surface area is 167 Å². The summed E-state index contributed by atoms with van der Waals surface area (Å²) < 4.78 is 23.4. The zero-order valence-corrected chi connectivity index (χ0v) is 17.2. The number of carbonyl (C=O) groups is 1. The lowest BCUT2D eigenvalue weighted by molar-refractivity contribution is -0.106. The predicted molar refractivity (Wildman–Crippen MR) is 106 cm³/mol. The highest BCUT2D eigenvalue weighted by Gasteiger charge is 2.41. The fourth-order valence-corrected chi connectivity index (χ4v) is 3.51. The Morgan fingerprint density at radius 1 is 1.18 bits per heavy atom. The molecule has 28 heavy (non-hydrogen) atoms. The Balaban J connectivity index is 1.68. The molecule has 1 aromatic carbocycles. The fourth-order valence-electron chi connectivity index (χ4n) is 3.51. The maximum absolute atomic E-state index is 12.3. The van der Waals surface area contributed by atoms with Gasteiger partial charge in [0.15, 0.2) is 6.23 Å². The number of hydrogen-bond donors (Lipinski definition) is 0. The molecule has 2 aliphatic heterocycles. The molecule has 0 aliphatic carbocycles. The quantitative estimate of drug-likeness (QED) is 0.698. The summed E-state index contributed by atoms with van der Waals surface area (Å²) in [5.41, 5.74) is 0.807. The van der Waals surface area contributed by atoms with Crippen LogP contribution in [0.2, 0.25) is 0 Å². The van der Waals surface area contributed by atoms with Gasteiger partial charge in [-0.25, -0.2) is 4.79 Å². The van der Waals surface area contributed by atoms with E-state index in [1.165, 1.54) is 0 Å². The molecule has 154 valence electrons. The molecule has 1 amide bonds.